The second-order valence-electron chi connectivity index (χ2n) is 3.07. The zero-order chi connectivity index (χ0) is 9.46. The number of aliphatic hydroxyl groups is 4. The van der Waals surface area contributed by atoms with Crippen LogP contribution >= 0.6 is 0 Å². The van der Waals surface area contributed by atoms with Crippen molar-refractivity contribution in [2.45, 2.75) is 36.6 Å². The Kier molecular flexibility index (Phi) is 4.50. The summed E-state index contributed by atoms with van der Waals surface area (Å²) in [6, 6.07) is -1.11. The maximum absolute atomic E-state index is 12.9. The lowest BCUT2D eigenvalue weighted by molar-refractivity contribution is -0.469. The third-order valence-corrected chi connectivity index (χ3v) is 2.22. The van der Waals surface area contributed by atoms with E-state index in [0.29, 0.717) is 0 Å². The van der Waals surface area contributed by atoms with Crippen LogP contribution in [0.5, 0.6) is 0 Å². The number of hydrogen-bond acceptors (Lipinski definition) is 4. The van der Waals surface area contributed by atoms with E-state index >= 15 is 0 Å². The van der Waals surface area contributed by atoms with E-state index in [1.54, 1.807) is 0 Å². The van der Waals surface area contributed by atoms with Gasteiger partial charge in [0.2, 0.25) is 0 Å². The summed E-state index contributed by atoms with van der Waals surface area (Å²) in [7, 11) is 0. The Labute approximate surface area is 80.4 Å². The zero-order valence-electron chi connectivity index (χ0n) is 6.72. The molecule has 0 aromatic carbocycles. The highest BCUT2D eigenvalue weighted by molar-refractivity contribution is 4.97. The lowest BCUT2D eigenvalue weighted by Gasteiger charge is -2.36. The van der Waals surface area contributed by atoms with Crippen molar-refractivity contribution in [2.75, 3.05) is 0 Å². The van der Waals surface area contributed by atoms with Gasteiger partial charge >= 0.3 is 0 Å². The normalized spacial score (nSPS) is 51.2. The molecule has 1 aliphatic rings. The summed E-state index contributed by atoms with van der Waals surface area (Å²) in [5.74, 6) is 0. The van der Waals surface area contributed by atoms with Crippen LogP contribution in [0.2, 0.25) is 0 Å². The highest BCUT2D eigenvalue weighted by Crippen LogP contribution is 2.21. The van der Waals surface area contributed by atoms with Crippen molar-refractivity contribution in [1.82, 2.24) is 0 Å². The van der Waals surface area contributed by atoms with E-state index in [1.807, 2.05) is 0 Å². The summed E-state index contributed by atoms with van der Waals surface area (Å²) in [6.45, 7) is 0. The molecular formula is C6H13ClFNO4. The first-order valence-electron chi connectivity index (χ1n) is 3.66. The summed E-state index contributed by atoms with van der Waals surface area (Å²) in [4.78, 5) is 0. The van der Waals surface area contributed by atoms with E-state index in [-0.39, 0.29) is 12.4 Å². The standard InChI is InChI=1S/C6H12FNO4.ClH/c7-1-2(8)4(10)6(12)5(11)3(1)9;/h1-6,9-12H,8H2;1H/t1-,2+,3+,4+,5+,6+;/m1./s1. The molecule has 0 bridgehead atoms. The molecule has 6 atom stereocenters. The first kappa shape index (κ1) is 13.0. The minimum atomic E-state index is -1.81. The van der Waals surface area contributed by atoms with Crippen LogP contribution in [0.4, 0.5) is 4.39 Å². The molecule has 1 aliphatic carbocycles. The Morgan fingerprint density at radius 2 is 1.23 bits per heavy atom. The van der Waals surface area contributed by atoms with Gasteiger partial charge in [-0.1, -0.05) is 0 Å². The Balaban J connectivity index is 0.00000144. The van der Waals surface area contributed by atoms with Gasteiger partial charge < -0.3 is 38.6 Å². The smallest absolute Gasteiger partial charge is 0.182 e. The summed E-state index contributed by atoms with van der Waals surface area (Å²) < 4.78 is 12.9. The predicted molar refractivity (Wildman–Crippen MR) is 35.6 cm³/mol. The van der Waals surface area contributed by atoms with E-state index < -0.39 is 36.6 Å². The van der Waals surface area contributed by atoms with Crippen LogP contribution in [-0.2, 0) is 0 Å². The average molecular weight is 218 g/mol. The van der Waals surface area contributed by atoms with Crippen molar-refractivity contribution in [3.05, 3.63) is 0 Å². The molecule has 0 aromatic heterocycles. The van der Waals surface area contributed by atoms with Crippen molar-refractivity contribution in [2.24, 2.45) is 0 Å². The van der Waals surface area contributed by atoms with Gasteiger partial charge in [0.05, 0.1) is 0 Å². The number of aliphatic hydroxyl groups excluding tert-OH is 4. The molecule has 0 saturated heterocycles. The monoisotopic (exact) mass is 217 g/mol. The summed E-state index contributed by atoms with van der Waals surface area (Å²) in [5.41, 5.74) is 3.24. The minimum Gasteiger partial charge on any atom is -1.00 e. The Bertz CT molecular complexity index is 116. The largest absolute Gasteiger partial charge is 1.00 e. The number of alkyl halides is 1. The number of rotatable bonds is 0. The predicted octanol–water partition coefficient (Wildman–Crippen LogP) is -6.60. The van der Waals surface area contributed by atoms with Crippen molar-refractivity contribution >= 4 is 0 Å². The molecule has 0 aliphatic heterocycles. The van der Waals surface area contributed by atoms with Crippen LogP contribution in [0, 0.1) is 0 Å². The molecule has 1 fully saturated rings. The number of halogens is 2. The molecule has 13 heavy (non-hydrogen) atoms. The molecule has 1 saturated carbocycles. The first-order chi connectivity index (χ1) is 5.46. The van der Waals surface area contributed by atoms with Crippen LogP contribution in [0.1, 0.15) is 0 Å². The zero-order valence-corrected chi connectivity index (χ0v) is 7.47. The fourth-order valence-electron chi connectivity index (χ4n) is 1.29. The fourth-order valence-corrected chi connectivity index (χ4v) is 1.29. The molecule has 0 aromatic rings. The van der Waals surface area contributed by atoms with Crippen molar-refractivity contribution in [1.29, 1.82) is 0 Å². The first-order valence-corrected chi connectivity index (χ1v) is 3.66. The van der Waals surface area contributed by atoms with Crippen molar-refractivity contribution in [3.63, 3.8) is 0 Å². The third-order valence-electron chi connectivity index (χ3n) is 2.22. The van der Waals surface area contributed by atoms with Crippen molar-refractivity contribution < 1.29 is 43.0 Å². The molecule has 7 heteroatoms. The molecule has 80 valence electrons. The van der Waals surface area contributed by atoms with Gasteiger partial charge in [0.25, 0.3) is 0 Å². The van der Waals surface area contributed by atoms with E-state index in [9.17, 15) is 4.39 Å². The Hall–Kier alpha value is 0.0200. The number of hydrogen-bond donors (Lipinski definition) is 5. The second-order valence-corrected chi connectivity index (χ2v) is 3.07. The lowest BCUT2D eigenvalue weighted by atomic mass is 9.85. The highest BCUT2D eigenvalue weighted by Gasteiger charge is 2.49. The fraction of sp³-hybridized carbons (Fsp3) is 1.00. The Morgan fingerprint density at radius 1 is 0.846 bits per heavy atom. The minimum absolute atomic E-state index is 0. The molecule has 0 heterocycles. The van der Waals surface area contributed by atoms with Crippen LogP contribution in [0.15, 0.2) is 0 Å². The van der Waals surface area contributed by atoms with Gasteiger partial charge in [-0.25, -0.2) is 4.39 Å². The van der Waals surface area contributed by atoms with E-state index in [4.69, 9.17) is 20.4 Å². The van der Waals surface area contributed by atoms with Crippen molar-refractivity contribution in [3.8, 4) is 0 Å². The summed E-state index contributed by atoms with van der Waals surface area (Å²) in [6.07, 6.45) is -8.09. The second kappa shape index (κ2) is 4.50. The van der Waals surface area contributed by atoms with Crippen LogP contribution in [-0.4, -0.2) is 57.1 Å². The molecule has 0 unspecified atom stereocenters. The molecule has 0 spiro atoms. The summed E-state index contributed by atoms with van der Waals surface area (Å²) >= 11 is 0. The Morgan fingerprint density at radius 3 is 1.69 bits per heavy atom. The molecule has 0 amide bonds. The van der Waals surface area contributed by atoms with E-state index in [2.05, 4.69) is 5.73 Å². The van der Waals surface area contributed by atoms with Crippen LogP contribution < -0.4 is 18.1 Å². The maximum Gasteiger partial charge on any atom is 0.182 e. The summed E-state index contributed by atoms with van der Waals surface area (Å²) in [5, 5.41) is 36.1. The van der Waals surface area contributed by atoms with Gasteiger partial charge in [-0.2, -0.15) is 0 Å². The molecule has 0 radical (unpaired) electrons. The quantitative estimate of drug-likeness (QED) is 0.278. The maximum atomic E-state index is 12.9. The third kappa shape index (κ3) is 2.09. The van der Waals surface area contributed by atoms with E-state index in [1.165, 1.54) is 0 Å². The molecule has 1 rings (SSSR count). The van der Waals surface area contributed by atoms with Gasteiger partial charge in [-0.3, -0.25) is 0 Å². The average Bonchev–Trinajstić information content (AvgIpc) is 2.08. The SMILES string of the molecule is [Cl-].[NH3+][C@@H]1[C@H](O)[C@H](O)[C@@H](O)[C@@H](O)[C@@H]1F. The molecule has 7 N–H and O–H groups in total. The van der Waals surface area contributed by atoms with Gasteiger partial charge in [-0.05, 0) is 0 Å². The number of quaternary nitrogens is 1. The van der Waals surface area contributed by atoms with Gasteiger partial charge in [0.1, 0.15) is 30.5 Å². The van der Waals surface area contributed by atoms with Crippen LogP contribution in [0.3, 0.4) is 0 Å². The van der Waals surface area contributed by atoms with Gasteiger partial charge in [0, 0.05) is 0 Å². The molecular weight excluding hydrogens is 205 g/mol. The van der Waals surface area contributed by atoms with Gasteiger partial charge in [0.15, 0.2) is 6.17 Å². The lowest BCUT2D eigenvalue weighted by Crippen LogP contribution is -3.00. The highest BCUT2D eigenvalue weighted by atomic mass is 35.5. The topological polar surface area (TPSA) is 109 Å². The molecule has 5 nitrogen and oxygen atoms in total. The van der Waals surface area contributed by atoms with E-state index in [0.717, 1.165) is 0 Å². The van der Waals surface area contributed by atoms with Gasteiger partial charge in [-0.15, -0.1) is 0 Å². The van der Waals surface area contributed by atoms with Crippen LogP contribution in [0.25, 0.3) is 0 Å².